The average Bonchev–Trinajstić information content (AvgIpc) is 2.96. The maximum atomic E-state index is 4.90. The van der Waals surface area contributed by atoms with E-state index in [2.05, 4.69) is 68.6 Å². The van der Waals surface area contributed by atoms with Crippen molar-refractivity contribution in [3.8, 4) is 22.4 Å². The van der Waals surface area contributed by atoms with Crippen molar-refractivity contribution in [1.82, 2.24) is 4.98 Å². The van der Waals surface area contributed by atoms with Gasteiger partial charge >= 0.3 is 0 Å². The van der Waals surface area contributed by atoms with Gasteiger partial charge in [0, 0.05) is 17.2 Å². The predicted octanol–water partition coefficient (Wildman–Crippen LogP) is 6.81. The van der Waals surface area contributed by atoms with Crippen LogP contribution in [0.25, 0.3) is 22.4 Å². The third-order valence-electron chi connectivity index (χ3n) is 7.45. The zero-order valence-electron chi connectivity index (χ0n) is 16.1. The molecule has 0 radical (unpaired) electrons. The van der Waals surface area contributed by atoms with Crippen LogP contribution in [0, 0.1) is 0 Å². The summed E-state index contributed by atoms with van der Waals surface area (Å²) >= 11 is 0. The van der Waals surface area contributed by atoms with Crippen LogP contribution in [-0.2, 0) is 5.41 Å². The third-order valence-corrected chi connectivity index (χ3v) is 7.45. The molecule has 0 N–H and O–H groups in total. The molecule has 0 atom stereocenters. The van der Waals surface area contributed by atoms with Crippen LogP contribution >= 0.6 is 0 Å². The summed E-state index contributed by atoms with van der Waals surface area (Å²) in [5, 5.41) is 0. The normalized spacial score (nSPS) is 23.6. The second kappa shape index (κ2) is 5.32. The maximum absolute atomic E-state index is 4.90. The van der Waals surface area contributed by atoms with Crippen molar-refractivity contribution < 1.29 is 0 Å². The van der Waals surface area contributed by atoms with Crippen molar-refractivity contribution in [2.75, 3.05) is 0 Å². The molecular formula is C26H25N. The van der Waals surface area contributed by atoms with Gasteiger partial charge in [0.15, 0.2) is 0 Å². The number of benzene rings is 2. The largest absolute Gasteiger partial charge is 0.256 e. The van der Waals surface area contributed by atoms with E-state index in [0.29, 0.717) is 0 Å². The standard InChI is InChI=1S/C26H25N/c1-26(2)23-6-4-3-5-19(23)20-12-11-18(13-24(20)26)25-14-21-16-7-9-17(10-8-16)22(21)15-27-25/h3-6,11-17H,7-10H2,1-2H3. The van der Waals surface area contributed by atoms with E-state index >= 15 is 0 Å². The van der Waals surface area contributed by atoms with Gasteiger partial charge in [0.1, 0.15) is 0 Å². The highest BCUT2D eigenvalue weighted by molar-refractivity contribution is 5.83. The number of nitrogens with zero attached hydrogens (tertiary/aromatic N) is 1. The topological polar surface area (TPSA) is 12.9 Å². The summed E-state index contributed by atoms with van der Waals surface area (Å²) in [5.74, 6) is 1.53. The van der Waals surface area contributed by atoms with Gasteiger partial charge in [-0.1, -0.05) is 50.2 Å². The summed E-state index contributed by atoms with van der Waals surface area (Å²) in [6, 6.07) is 18.2. The fourth-order valence-corrected chi connectivity index (χ4v) is 5.91. The van der Waals surface area contributed by atoms with E-state index in [9.17, 15) is 0 Å². The van der Waals surface area contributed by atoms with Crippen molar-refractivity contribution in [2.45, 2.75) is 56.8 Å². The first-order chi connectivity index (χ1) is 13.1. The van der Waals surface area contributed by atoms with E-state index in [0.717, 1.165) is 17.5 Å². The Morgan fingerprint density at radius 3 is 2.30 bits per heavy atom. The van der Waals surface area contributed by atoms with E-state index in [1.165, 1.54) is 59.1 Å². The van der Waals surface area contributed by atoms with Crippen molar-refractivity contribution in [1.29, 1.82) is 0 Å². The van der Waals surface area contributed by atoms with Gasteiger partial charge in [0.25, 0.3) is 0 Å². The first-order valence-electron chi connectivity index (χ1n) is 10.4. The molecule has 3 aromatic rings. The van der Waals surface area contributed by atoms with E-state index in [1.54, 1.807) is 5.56 Å². The van der Waals surface area contributed by atoms with Crippen molar-refractivity contribution in [3.05, 3.63) is 77.0 Å². The highest BCUT2D eigenvalue weighted by Crippen LogP contribution is 2.51. The number of hydrogen-bond donors (Lipinski definition) is 0. The Hall–Kier alpha value is -2.41. The molecular weight excluding hydrogens is 326 g/mol. The van der Waals surface area contributed by atoms with Crippen LogP contribution in [0.4, 0.5) is 0 Å². The molecule has 134 valence electrons. The Balaban J connectivity index is 1.48. The molecule has 1 aromatic heterocycles. The van der Waals surface area contributed by atoms with Crippen LogP contribution in [0.15, 0.2) is 54.7 Å². The molecule has 0 aliphatic heterocycles. The van der Waals surface area contributed by atoms with E-state index in [4.69, 9.17) is 4.98 Å². The minimum absolute atomic E-state index is 0.0508. The monoisotopic (exact) mass is 351 g/mol. The Kier molecular flexibility index (Phi) is 3.08. The molecule has 0 saturated heterocycles. The van der Waals surface area contributed by atoms with Crippen LogP contribution in [0.2, 0.25) is 0 Å². The molecule has 0 unspecified atom stereocenters. The van der Waals surface area contributed by atoms with Gasteiger partial charge in [-0.15, -0.1) is 0 Å². The molecule has 1 saturated carbocycles. The second-order valence-electron chi connectivity index (χ2n) is 9.18. The molecule has 4 aliphatic rings. The average molecular weight is 351 g/mol. The lowest BCUT2D eigenvalue weighted by Crippen LogP contribution is -2.21. The second-order valence-corrected chi connectivity index (χ2v) is 9.18. The molecule has 1 heteroatoms. The summed E-state index contributed by atoms with van der Waals surface area (Å²) < 4.78 is 0. The van der Waals surface area contributed by atoms with Crippen molar-refractivity contribution in [3.63, 3.8) is 0 Å². The van der Waals surface area contributed by atoms with Crippen LogP contribution in [-0.4, -0.2) is 4.98 Å². The minimum Gasteiger partial charge on any atom is -0.256 e. The van der Waals surface area contributed by atoms with E-state index in [1.807, 2.05) is 0 Å². The number of aromatic nitrogens is 1. The highest BCUT2D eigenvalue weighted by Gasteiger charge is 2.36. The third kappa shape index (κ3) is 2.09. The van der Waals surface area contributed by atoms with Gasteiger partial charge in [-0.2, -0.15) is 0 Å². The summed E-state index contributed by atoms with van der Waals surface area (Å²) in [5.41, 5.74) is 11.2. The van der Waals surface area contributed by atoms with Crippen LogP contribution in [0.3, 0.4) is 0 Å². The smallest absolute Gasteiger partial charge is 0.0705 e. The highest BCUT2D eigenvalue weighted by atomic mass is 14.7. The van der Waals surface area contributed by atoms with Gasteiger partial charge < -0.3 is 0 Å². The fourth-order valence-electron chi connectivity index (χ4n) is 5.91. The molecule has 0 spiro atoms. The van der Waals surface area contributed by atoms with Gasteiger partial charge in [-0.3, -0.25) is 4.98 Å². The summed E-state index contributed by atoms with van der Waals surface area (Å²) in [6.07, 6.45) is 7.66. The number of hydrogen-bond acceptors (Lipinski definition) is 1. The van der Waals surface area contributed by atoms with Crippen molar-refractivity contribution in [2.24, 2.45) is 0 Å². The van der Waals surface area contributed by atoms with Crippen LogP contribution in [0.1, 0.15) is 73.6 Å². The lowest BCUT2D eigenvalue weighted by Gasteiger charge is -2.38. The molecule has 2 bridgehead atoms. The van der Waals surface area contributed by atoms with Gasteiger partial charge in [0.05, 0.1) is 5.69 Å². The molecule has 1 nitrogen and oxygen atoms in total. The number of rotatable bonds is 1. The maximum Gasteiger partial charge on any atom is 0.0705 e. The predicted molar refractivity (Wildman–Crippen MR) is 111 cm³/mol. The Labute approximate surface area is 161 Å². The molecule has 1 heterocycles. The summed E-state index contributed by atoms with van der Waals surface area (Å²) in [6.45, 7) is 4.70. The zero-order valence-corrected chi connectivity index (χ0v) is 16.1. The Bertz CT molecular complexity index is 1070. The minimum atomic E-state index is 0.0508. The van der Waals surface area contributed by atoms with Gasteiger partial charge in [-0.05, 0) is 83.0 Å². The summed E-state index contributed by atoms with van der Waals surface area (Å²) in [4.78, 5) is 4.90. The van der Waals surface area contributed by atoms with Crippen LogP contribution < -0.4 is 0 Å². The first-order valence-corrected chi connectivity index (χ1v) is 10.4. The fraction of sp³-hybridized carbons (Fsp3) is 0.346. The van der Waals surface area contributed by atoms with E-state index < -0.39 is 0 Å². The number of pyridine rings is 1. The lowest BCUT2D eigenvalue weighted by atomic mass is 9.67. The van der Waals surface area contributed by atoms with Crippen molar-refractivity contribution >= 4 is 0 Å². The van der Waals surface area contributed by atoms with Gasteiger partial charge in [0.2, 0.25) is 0 Å². The molecule has 7 rings (SSSR count). The molecule has 4 aliphatic carbocycles. The van der Waals surface area contributed by atoms with Gasteiger partial charge in [-0.25, -0.2) is 0 Å². The van der Waals surface area contributed by atoms with E-state index in [-0.39, 0.29) is 5.41 Å². The zero-order chi connectivity index (χ0) is 18.2. The molecule has 1 fully saturated rings. The first kappa shape index (κ1) is 15.6. The molecule has 2 aromatic carbocycles. The number of fused-ring (bicyclic) bond motifs is 5. The lowest BCUT2D eigenvalue weighted by molar-refractivity contribution is 0.358. The van der Waals surface area contributed by atoms with Crippen LogP contribution in [0.5, 0.6) is 0 Å². The summed E-state index contributed by atoms with van der Waals surface area (Å²) in [7, 11) is 0. The molecule has 0 amide bonds. The quantitative estimate of drug-likeness (QED) is 0.469. The Morgan fingerprint density at radius 1 is 0.778 bits per heavy atom. The SMILES string of the molecule is CC1(C)c2ccccc2-c2ccc(-c3cc4c(cn3)C3CCC4CC3)cc21. The molecule has 27 heavy (non-hydrogen) atoms. The Morgan fingerprint density at radius 2 is 1.48 bits per heavy atom.